The van der Waals surface area contributed by atoms with Gasteiger partial charge in [0.25, 0.3) is 0 Å². The Morgan fingerprint density at radius 2 is 2.00 bits per heavy atom. The maximum absolute atomic E-state index is 10.4. The molecular weight excluding hydrogens is 286 g/mol. The van der Waals surface area contributed by atoms with E-state index < -0.39 is 5.97 Å². The Labute approximate surface area is 130 Å². The fraction of sp³-hybridized carbons (Fsp3) is 0.375. The highest BCUT2D eigenvalue weighted by Gasteiger charge is 2.02. The van der Waals surface area contributed by atoms with Crippen molar-refractivity contribution in [2.75, 3.05) is 7.11 Å². The molecule has 0 aliphatic heterocycles. The van der Waals surface area contributed by atoms with Crippen LogP contribution in [0.1, 0.15) is 39.1 Å². The van der Waals surface area contributed by atoms with Crippen LogP contribution in [-0.4, -0.2) is 23.2 Å². The van der Waals surface area contributed by atoms with E-state index in [4.69, 9.17) is 9.84 Å². The second kappa shape index (κ2) is 10.9. The van der Waals surface area contributed by atoms with E-state index in [2.05, 4.69) is 18.8 Å². The van der Waals surface area contributed by atoms with Crippen LogP contribution in [0.2, 0.25) is 0 Å². The highest BCUT2D eigenvalue weighted by molar-refractivity contribution is 7.19. The molecule has 0 atom stereocenters. The molecule has 116 valence electrons. The lowest BCUT2D eigenvalue weighted by atomic mass is 10.3. The summed E-state index contributed by atoms with van der Waals surface area (Å²) in [6.45, 7) is 8.25. The van der Waals surface area contributed by atoms with Crippen LogP contribution in [0.25, 0.3) is 16.3 Å². The second-order valence-corrected chi connectivity index (χ2v) is 4.83. The molecule has 0 bridgehead atoms. The highest BCUT2D eigenvalue weighted by Crippen LogP contribution is 2.26. The van der Waals surface area contributed by atoms with Crippen molar-refractivity contribution >= 4 is 33.6 Å². The summed E-state index contributed by atoms with van der Waals surface area (Å²) in [6, 6.07) is 5.56. The molecule has 1 N–H and O–H groups in total. The molecule has 0 saturated carbocycles. The zero-order valence-corrected chi connectivity index (χ0v) is 14.0. The van der Waals surface area contributed by atoms with Crippen LogP contribution in [0.15, 0.2) is 24.3 Å². The van der Waals surface area contributed by atoms with E-state index in [9.17, 15) is 4.79 Å². The smallest absolute Gasteiger partial charge is 0.328 e. The van der Waals surface area contributed by atoms with E-state index >= 15 is 0 Å². The third-order valence-corrected chi connectivity index (χ3v) is 2.96. The second-order valence-electron chi connectivity index (χ2n) is 3.76. The summed E-state index contributed by atoms with van der Waals surface area (Å²) >= 11 is 1.43. The zero-order valence-electron chi connectivity index (χ0n) is 13.2. The molecule has 0 saturated heterocycles. The van der Waals surface area contributed by atoms with Crippen molar-refractivity contribution in [2.45, 2.75) is 34.1 Å². The number of rotatable bonds is 3. The van der Waals surface area contributed by atoms with E-state index in [-0.39, 0.29) is 0 Å². The predicted octanol–water partition coefficient (Wildman–Crippen LogP) is 4.85. The van der Waals surface area contributed by atoms with Gasteiger partial charge in [0.1, 0.15) is 10.8 Å². The summed E-state index contributed by atoms with van der Waals surface area (Å²) in [5.74, 6) is -0.207. The highest BCUT2D eigenvalue weighted by atomic mass is 32.1. The summed E-state index contributed by atoms with van der Waals surface area (Å²) in [4.78, 5) is 14.6. The number of carboxylic acid groups (broad SMARTS) is 1. The van der Waals surface area contributed by atoms with Crippen molar-refractivity contribution < 1.29 is 14.6 Å². The van der Waals surface area contributed by atoms with Gasteiger partial charge in [0.05, 0.1) is 17.3 Å². The van der Waals surface area contributed by atoms with Crippen molar-refractivity contribution in [1.82, 2.24) is 4.98 Å². The molecule has 0 amide bonds. The number of benzene rings is 1. The van der Waals surface area contributed by atoms with Gasteiger partial charge >= 0.3 is 5.97 Å². The molecule has 0 fully saturated rings. The van der Waals surface area contributed by atoms with Crippen LogP contribution in [0.3, 0.4) is 0 Å². The van der Waals surface area contributed by atoms with E-state index in [1.54, 1.807) is 7.11 Å². The minimum Gasteiger partial charge on any atom is -0.497 e. The van der Waals surface area contributed by atoms with Crippen LogP contribution in [0.4, 0.5) is 0 Å². The van der Waals surface area contributed by atoms with E-state index in [0.717, 1.165) is 22.0 Å². The van der Waals surface area contributed by atoms with Gasteiger partial charge in [-0.2, -0.15) is 0 Å². The first kappa shape index (κ1) is 19.1. The normalized spacial score (nSPS) is 9.57. The molecular formula is C16H23NO3S. The number of fused-ring (bicyclic) bond motifs is 1. The molecule has 4 nitrogen and oxygen atoms in total. The van der Waals surface area contributed by atoms with Gasteiger partial charge in [-0.3, -0.25) is 0 Å². The molecule has 2 rings (SSSR count). The summed E-state index contributed by atoms with van der Waals surface area (Å²) in [5, 5.41) is 9.17. The third-order valence-electron chi connectivity index (χ3n) is 1.98. The predicted molar refractivity (Wildman–Crippen MR) is 90.2 cm³/mol. The number of aromatic nitrogens is 1. The fourth-order valence-corrected chi connectivity index (χ4v) is 2.16. The summed E-state index contributed by atoms with van der Waals surface area (Å²) in [6.07, 6.45) is 3.81. The van der Waals surface area contributed by atoms with Crippen LogP contribution < -0.4 is 4.74 Å². The standard InChI is InChI=1S/C11H9NO3S.C3H8.C2H6/c1-15-7-2-3-8-9(6-7)16-10(12-8)4-5-11(13)14;1-3-2;1-2/h2-6H,1H3,(H,13,14);3H2,1-2H3;1-2H3/b5-4+;;. The van der Waals surface area contributed by atoms with Gasteiger partial charge in [0.15, 0.2) is 0 Å². The molecule has 1 aromatic carbocycles. The van der Waals surface area contributed by atoms with E-state index in [1.165, 1.54) is 23.8 Å². The van der Waals surface area contributed by atoms with Crippen LogP contribution in [0.5, 0.6) is 5.75 Å². The van der Waals surface area contributed by atoms with Crippen molar-refractivity contribution in [3.8, 4) is 5.75 Å². The van der Waals surface area contributed by atoms with Gasteiger partial charge in [-0.25, -0.2) is 9.78 Å². The van der Waals surface area contributed by atoms with Crippen molar-refractivity contribution in [3.63, 3.8) is 0 Å². The van der Waals surface area contributed by atoms with Gasteiger partial charge in [-0.1, -0.05) is 34.1 Å². The van der Waals surface area contributed by atoms with Crippen molar-refractivity contribution in [3.05, 3.63) is 29.3 Å². The number of carbonyl (C=O) groups is 1. The summed E-state index contributed by atoms with van der Waals surface area (Å²) < 4.78 is 6.07. The zero-order chi connectivity index (χ0) is 16.3. The maximum Gasteiger partial charge on any atom is 0.328 e. The number of thiazole rings is 1. The quantitative estimate of drug-likeness (QED) is 0.824. The minimum atomic E-state index is -0.975. The number of ether oxygens (including phenoxy) is 1. The van der Waals surface area contributed by atoms with Gasteiger partial charge in [0.2, 0.25) is 0 Å². The Hall–Kier alpha value is -1.88. The Bertz CT molecular complexity index is 576. The average Bonchev–Trinajstić information content (AvgIpc) is 2.89. The molecule has 2 aromatic rings. The molecule has 0 spiro atoms. The molecule has 1 heterocycles. The first-order valence-electron chi connectivity index (χ1n) is 6.96. The van der Waals surface area contributed by atoms with Gasteiger partial charge < -0.3 is 9.84 Å². The molecule has 0 radical (unpaired) electrons. The molecule has 1 aromatic heterocycles. The van der Waals surface area contributed by atoms with Crippen LogP contribution in [0, 0.1) is 0 Å². The summed E-state index contributed by atoms with van der Waals surface area (Å²) in [7, 11) is 1.60. The van der Waals surface area contributed by atoms with Crippen LogP contribution >= 0.6 is 11.3 Å². The molecule has 0 aliphatic carbocycles. The Morgan fingerprint density at radius 3 is 2.52 bits per heavy atom. The fourth-order valence-electron chi connectivity index (χ4n) is 1.26. The maximum atomic E-state index is 10.4. The van der Waals surface area contributed by atoms with E-state index in [1.807, 2.05) is 32.0 Å². The van der Waals surface area contributed by atoms with Crippen molar-refractivity contribution in [2.24, 2.45) is 0 Å². The molecule has 21 heavy (non-hydrogen) atoms. The first-order chi connectivity index (χ1) is 10.1. The number of nitrogens with zero attached hydrogens (tertiary/aromatic N) is 1. The number of methoxy groups -OCH3 is 1. The van der Waals surface area contributed by atoms with Gasteiger partial charge in [-0.05, 0) is 24.3 Å². The monoisotopic (exact) mass is 309 g/mol. The lowest BCUT2D eigenvalue weighted by Gasteiger charge is -1.96. The topological polar surface area (TPSA) is 59.4 Å². The third kappa shape index (κ3) is 6.90. The molecule has 5 heteroatoms. The van der Waals surface area contributed by atoms with Crippen molar-refractivity contribution in [1.29, 1.82) is 0 Å². The average molecular weight is 309 g/mol. The Kier molecular flexibility index (Phi) is 9.88. The Morgan fingerprint density at radius 1 is 1.38 bits per heavy atom. The van der Waals surface area contributed by atoms with Gasteiger partial charge in [-0.15, -0.1) is 11.3 Å². The first-order valence-corrected chi connectivity index (χ1v) is 7.77. The largest absolute Gasteiger partial charge is 0.497 e. The lowest BCUT2D eigenvalue weighted by Crippen LogP contribution is -1.84. The number of aliphatic carboxylic acids is 1. The summed E-state index contributed by atoms with van der Waals surface area (Å²) in [5.41, 5.74) is 0.843. The Balaban J connectivity index is 0.000000713. The minimum absolute atomic E-state index is 0.672. The molecule has 0 aliphatic rings. The lowest BCUT2D eigenvalue weighted by molar-refractivity contribution is -0.131. The van der Waals surface area contributed by atoms with Gasteiger partial charge in [0, 0.05) is 6.08 Å². The van der Waals surface area contributed by atoms with E-state index in [0.29, 0.717) is 5.01 Å². The molecule has 0 unspecified atom stereocenters. The number of carboxylic acids is 1. The number of hydrogen-bond acceptors (Lipinski definition) is 4. The van der Waals surface area contributed by atoms with Crippen LogP contribution in [-0.2, 0) is 4.79 Å². The SMILES string of the molecule is CC.CCC.COc1ccc2nc(/C=C/C(=O)O)sc2c1. The number of hydrogen-bond donors (Lipinski definition) is 1.